The molecule has 3 N–H and O–H groups in total. The Hall–Kier alpha value is -2.41. The van der Waals surface area contributed by atoms with Gasteiger partial charge in [-0.05, 0) is 5.56 Å². The molecule has 7 heteroatoms. The molecule has 0 bridgehead atoms. The Bertz CT molecular complexity index is 518. The van der Waals surface area contributed by atoms with Crippen molar-refractivity contribution in [2.24, 2.45) is 5.73 Å². The standard InChI is InChI=1S/C15H20N2O5/c1-21-13(18)9-11(16)14(19)17-12(15(20)22-2)8-10-6-4-3-5-7-10/h3-7,11-12H,8-9,16H2,1-2H3,(H,17,19). The van der Waals surface area contributed by atoms with Gasteiger partial charge < -0.3 is 20.5 Å². The highest BCUT2D eigenvalue weighted by atomic mass is 16.5. The van der Waals surface area contributed by atoms with Gasteiger partial charge in [0.05, 0.1) is 26.7 Å². The van der Waals surface area contributed by atoms with Crippen molar-refractivity contribution in [3.05, 3.63) is 35.9 Å². The van der Waals surface area contributed by atoms with Gasteiger partial charge in [-0.3, -0.25) is 9.59 Å². The summed E-state index contributed by atoms with van der Waals surface area (Å²) < 4.78 is 9.13. The minimum Gasteiger partial charge on any atom is -0.469 e. The van der Waals surface area contributed by atoms with Crippen molar-refractivity contribution < 1.29 is 23.9 Å². The second-order valence-corrected chi connectivity index (χ2v) is 4.66. The molecule has 0 heterocycles. The smallest absolute Gasteiger partial charge is 0.328 e. The summed E-state index contributed by atoms with van der Waals surface area (Å²) in [5.74, 6) is -1.79. The number of esters is 2. The number of amides is 1. The highest BCUT2D eigenvalue weighted by Gasteiger charge is 2.26. The third-order valence-corrected chi connectivity index (χ3v) is 3.04. The van der Waals surface area contributed by atoms with Crippen LogP contribution >= 0.6 is 0 Å². The van der Waals surface area contributed by atoms with Crippen LogP contribution in [-0.4, -0.2) is 44.1 Å². The topological polar surface area (TPSA) is 108 Å². The first-order chi connectivity index (χ1) is 10.5. The molecule has 120 valence electrons. The molecule has 1 amide bonds. The maximum atomic E-state index is 12.0. The number of rotatable bonds is 7. The normalized spacial score (nSPS) is 12.9. The molecule has 0 aliphatic heterocycles. The second kappa shape index (κ2) is 8.78. The number of carbonyl (C=O) groups is 3. The Morgan fingerprint density at radius 1 is 1.14 bits per heavy atom. The number of nitrogens with one attached hydrogen (secondary N) is 1. The highest BCUT2D eigenvalue weighted by Crippen LogP contribution is 2.05. The van der Waals surface area contributed by atoms with E-state index >= 15 is 0 Å². The number of methoxy groups -OCH3 is 2. The van der Waals surface area contributed by atoms with Crippen LogP contribution in [0.4, 0.5) is 0 Å². The molecule has 0 aliphatic rings. The molecule has 0 aliphatic carbocycles. The number of hydrogen-bond donors (Lipinski definition) is 2. The van der Waals surface area contributed by atoms with Gasteiger partial charge in [0.15, 0.2) is 0 Å². The molecular weight excluding hydrogens is 288 g/mol. The van der Waals surface area contributed by atoms with E-state index in [0.29, 0.717) is 0 Å². The number of benzene rings is 1. The van der Waals surface area contributed by atoms with Gasteiger partial charge in [0.2, 0.25) is 5.91 Å². The minimum absolute atomic E-state index is 0.262. The van der Waals surface area contributed by atoms with Crippen LogP contribution in [0.25, 0.3) is 0 Å². The molecule has 0 aromatic heterocycles. The quantitative estimate of drug-likeness (QED) is 0.674. The van der Waals surface area contributed by atoms with Crippen molar-refractivity contribution in [2.45, 2.75) is 24.9 Å². The number of hydrogen-bond acceptors (Lipinski definition) is 6. The predicted octanol–water partition coefficient (Wildman–Crippen LogP) is -0.223. The largest absolute Gasteiger partial charge is 0.469 e. The molecule has 2 unspecified atom stereocenters. The molecule has 2 atom stereocenters. The van der Waals surface area contributed by atoms with Gasteiger partial charge in [0.1, 0.15) is 6.04 Å². The van der Waals surface area contributed by atoms with E-state index < -0.39 is 29.9 Å². The Labute approximate surface area is 128 Å². The lowest BCUT2D eigenvalue weighted by atomic mass is 10.1. The Balaban J connectivity index is 2.70. The first-order valence-corrected chi connectivity index (χ1v) is 6.72. The molecule has 0 saturated carbocycles. The summed E-state index contributed by atoms with van der Waals surface area (Å²) in [7, 11) is 2.44. The van der Waals surface area contributed by atoms with E-state index in [9.17, 15) is 14.4 Å². The van der Waals surface area contributed by atoms with Crippen LogP contribution in [0.1, 0.15) is 12.0 Å². The zero-order valence-electron chi connectivity index (χ0n) is 12.6. The van der Waals surface area contributed by atoms with Crippen molar-refractivity contribution in [2.75, 3.05) is 14.2 Å². The fraction of sp³-hybridized carbons (Fsp3) is 0.400. The van der Waals surface area contributed by atoms with Gasteiger partial charge in [0.25, 0.3) is 0 Å². The Kier molecular flexibility index (Phi) is 7.04. The van der Waals surface area contributed by atoms with Gasteiger partial charge in [-0.1, -0.05) is 30.3 Å². The van der Waals surface area contributed by atoms with Gasteiger partial charge >= 0.3 is 11.9 Å². The minimum atomic E-state index is -1.09. The van der Waals surface area contributed by atoms with Crippen LogP contribution in [0.2, 0.25) is 0 Å². The monoisotopic (exact) mass is 308 g/mol. The molecule has 0 radical (unpaired) electrons. The maximum Gasteiger partial charge on any atom is 0.328 e. The van der Waals surface area contributed by atoms with Crippen LogP contribution in [0.3, 0.4) is 0 Å². The fourth-order valence-corrected chi connectivity index (χ4v) is 1.82. The van der Waals surface area contributed by atoms with Gasteiger partial charge in [-0.15, -0.1) is 0 Å². The number of nitrogens with two attached hydrogens (primary N) is 1. The molecule has 1 aromatic carbocycles. The molecule has 22 heavy (non-hydrogen) atoms. The lowest BCUT2D eigenvalue weighted by molar-refractivity contribution is -0.145. The van der Waals surface area contributed by atoms with Crippen molar-refractivity contribution >= 4 is 17.8 Å². The molecular formula is C15H20N2O5. The summed E-state index contributed by atoms with van der Waals surface area (Å²) in [4.78, 5) is 34.9. The molecule has 0 saturated heterocycles. The Morgan fingerprint density at radius 2 is 1.77 bits per heavy atom. The van der Waals surface area contributed by atoms with E-state index in [-0.39, 0.29) is 12.8 Å². The first kappa shape index (κ1) is 17.6. The van der Waals surface area contributed by atoms with Crippen molar-refractivity contribution in [3.8, 4) is 0 Å². The fourth-order valence-electron chi connectivity index (χ4n) is 1.82. The summed E-state index contributed by atoms with van der Waals surface area (Å²) in [6.45, 7) is 0. The van der Waals surface area contributed by atoms with Crippen LogP contribution in [0, 0.1) is 0 Å². The highest BCUT2D eigenvalue weighted by molar-refractivity contribution is 5.90. The third-order valence-electron chi connectivity index (χ3n) is 3.04. The van der Waals surface area contributed by atoms with E-state index in [1.54, 1.807) is 0 Å². The lowest BCUT2D eigenvalue weighted by Crippen LogP contribution is -2.50. The van der Waals surface area contributed by atoms with E-state index in [4.69, 9.17) is 5.73 Å². The average molecular weight is 308 g/mol. The number of ether oxygens (including phenoxy) is 2. The first-order valence-electron chi connectivity index (χ1n) is 6.72. The summed E-state index contributed by atoms with van der Waals surface area (Å²) in [5, 5.41) is 2.50. The lowest BCUT2D eigenvalue weighted by Gasteiger charge is -2.19. The van der Waals surface area contributed by atoms with Crippen molar-refractivity contribution in [1.29, 1.82) is 0 Å². The summed E-state index contributed by atoms with van der Waals surface area (Å²) >= 11 is 0. The van der Waals surface area contributed by atoms with Gasteiger partial charge in [-0.25, -0.2) is 4.79 Å². The molecule has 1 rings (SSSR count). The predicted molar refractivity (Wildman–Crippen MR) is 78.7 cm³/mol. The molecule has 0 fully saturated rings. The average Bonchev–Trinajstić information content (AvgIpc) is 2.54. The van der Waals surface area contributed by atoms with Crippen LogP contribution in [-0.2, 0) is 30.3 Å². The summed E-state index contributed by atoms with van der Waals surface area (Å²) in [6.07, 6.45) is 0.00571. The SMILES string of the molecule is COC(=O)CC(N)C(=O)NC(Cc1ccccc1)C(=O)OC. The summed E-state index contributed by atoms with van der Waals surface area (Å²) in [5.41, 5.74) is 6.47. The molecule has 7 nitrogen and oxygen atoms in total. The van der Waals surface area contributed by atoms with E-state index in [1.165, 1.54) is 14.2 Å². The van der Waals surface area contributed by atoms with Gasteiger partial charge in [0, 0.05) is 6.42 Å². The zero-order chi connectivity index (χ0) is 16.5. The summed E-state index contributed by atoms with van der Waals surface area (Å²) in [6, 6.07) is 7.20. The van der Waals surface area contributed by atoms with Crippen LogP contribution in [0.5, 0.6) is 0 Å². The third kappa shape index (κ3) is 5.53. The van der Waals surface area contributed by atoms with E-state index in [0.717, 1.165) is 5.56 Å². The molecule has 1 aromatic rings. The van der Waals surface area contributed by atoms with Crippen molar-refractivity contribution in [1.82, 2.24) is 5.32 Å². The van der Waals surface area contributed by atoms with Crippen LogP contribution < -0.4 is 11.1 Å². The van der Waals surface area contributed by atoms with E-state index in [2.05, 4.69) is 14.8 Å². The maximum absolute atomic E-state index is 12.0. The Morgan fingerprint density at radius 3 is 2.32 bits per heavy atom. The van der Waals surface area contributed by atoms with Crippen molar-refractivity contribution in [3.63, 3.8) is 0 Å². The zero-order valence-corrected chi connectivity index (χ0v) is 12.6. The second-order valence-electron chi connectivity index (χ2n) is 4.66. The van der Waals surface area contributed by atoms with Crippen LogP contribution in [0.15, 0.2) is 30.3 Å². The molecule has 0 spiro atoms. The number of carbonyl (C=O) groups excluding carboxylic acids is 3. The van der Waals surface area contributed by atoms with E-state index in [1.807, 2.05) is 30.3 Å². The van der Waals surface area contributed by atoms with Gasteiger partial charge in [-0.2, -0.15) is 0 Å².